The Bertz CT molecular complexity index is 494. The smallest absolute Gasteiger partial charge is 0.356 e. The van der Waals surface area contributed by atoms with Crippen LogP contribution in [0.2, 0.25) is 4.34 Å². The number of hydrogen-bond donors (Lipinski definition) is 1. The second-order valence-corrected chi connectivity index (χ2v) is 4.27. The Balaban J connectivity index is 2.31. The fourth-order valence-electron chi connectivity index (χ4n) is 1.01. The van der Waals surface area contributed by atoms with Crippen LogP contribution in [0.1, 0.15) is 10.5 Å². The number of rotatable bonds is 2. The standard InChI is InChI=1S/C8H6ClN3O2S/c1-14-8(13)4-2-10-6(12-4)7-11-3-5(9)15-7/h2-3H,1H3,(H,10,12). The van der Waals surface area contributed by atoms with Gasteiger partial charge in [-0.1, -0.05) is 22.9 Å². The molecule has 0 bridgehead atoms. The molecule has 0 amide bonds. The molecule has 0 atom stereocenters. The number of halogens is 1. The zero-order valence-electron chi connectivity index (χ0n) is 7.65. The van der Waals surface area contributed by atoms with Crippen LogP contribution in [0.5, 0.6) is 0 Å². The van der Waals surface area contributed by atoms with Gasteiger partial charge < -0.3 is 9.72 Å². The van der Waals surface area contributed by atoms with Crippen LogP contribution in [0, 0.1) is 0 Å². The molecule has 0 aliphatic heterocycles. The third-order valence-corrected chi connectivity index (χ3v) is 2.78. The molecule has 2 heterocycles. The van der Waals surface area contributed by atoms with E-state index in [1.54, 1.807) is 0 Å². The molecule has 7 heteroatoms. The summed E-state index contributed by atoms with van der Waals surface area (Å²) in [5, 5.41) is 0.634. The van der Waals surface area contributed by atoms with Gasteiger partial charge in [0.25, 0.3) is 0 Å². The maximum Gasteiger partial charge on any atom is 0.356 e. The highest BCUT2D eigenvalue weighted by atomic mass is 35.5. The molecule has 0 radical (unpaired) electrons. The van der Waals surface area contributed by atoms with Crippen LogP contribution in [0.15, 0.2) is 12.4 Å². The van der Waals surface area contributed by atoms with E-state index in [1.807, 2.05) is 0 Å². The summed E-state index contributed by atoms with van der Waals surface area (Å²) < 4.78 is 5.11. The first-order valence-corrected chi connectivity index (χ1v) is 5.15. The highest BCUT2D eigenvalue weighted by Gasteiger charge is 2.12. The molecule has 0 unspecified atom stereocenters. The van der Waals surface area contributed by atoms with Crippen molar-refractivity contribution in [3.05, 3.63) is 22.4 Å². The van der Waals surface area contributed by atoms with Crippen LogP contribution in [0.25, 0.3) is 10.8 Å². The Labute approximate surface area is 94.1 Å². The van der Waals surface area contributed by atoms with E-state index in [9.17, 15) is 4.79 Å². The van der Waals surface area contributed by atoms with E-state index in [4.69, 9.17) is 11.6 Å². The highest BCUT2D eigenvalue weighted by Crippen LogP contribution is 2.25. The first-order chi connectivity index (χ1) is 7.20. The van der Waals surface area contributed by atoms with Gasteiger partial charge in [-0.2, -0.15) is 0 Å². The molecule has 0 fully saturated rings. The number of hydrogen-bond acceptors (Lipinski definition) is 5. The number of nitrogens with zero attached hydrogens (tertiary/aromatic N) is 2. The van der Waals surface area contributed by atoms with E-state index >= 15 is 0 Å². The van der Waals surface area contributed by atoms with Crippen molar-refractivity contribution in [2.75, 3.05) is 7.11 Å². The quantitative estimate of drug-likeness (QED) is 0.819. The topological polar surface area (TPSA) is 67.9 Å². The predicted molar refractivity (Wildman–Crippen MR) is 56.0 cm³/mol. The molecule has 0 saturated carbocycles. The maximum atomic E-state index is 11.1. The summed E-state index contributed by atoms with van der Waals surface area (Å²) in [6.07, 6.45) is 2.93. The lowest BCUT2D eigenvalue weighted by Gasteiger charge is -1.92. The van der Waals surface area contributed by atoms with Crippen molar-refractivity contribution >= 4 is 28.9 Å². The van der Waals surface area contributed by atoms with E-state index < -0.39 is 5.97 Å². The van der Waals surface area contributed by atoms with Gasteiger partial charge in [-0.15, -0.1) is 0 Å². The average Bonchev–Trinajstić information content (AvgIpc) is 2.84. The lowest BCUT2D eigenvalue weighted by molar-refractivity contribution is 0.0595. The molecule has 0 saturated heterocycles. The normalized spacial score (nSPS) is 10.3. The number of esters is 1. The zero-order chi connectivity index (χ0) is 10.8. The largest absolute Gasteiger partial charge is 0.464 e. The first-order valence-electron chi connectivity index (χ1n) is 3.95. The summed E-state index contributed by atoms with van der Waals surface area (Å²) in [6.45, 7) is 0. The van der Waals surface area contributed by atoms with Gasteiger partial charge in [-0.05, 0) is 0 Å². The molecule has 5 nitrogen and oxygen atoms in total. The number of imidazole rings is 1. The Morgan fingerprint density at radius 3 is 2.93 bits per heavy atom. The van der Waals surface area contributed by atoms with Crippen LogP contribution in [-0.2, 0) is 4.74 Å². The van der Waals surface area contributed by atoms with Crippen molar-refractivity contribution in [2.24, 2.45) is 0 Å². The predicted octanol–water partition coefficient (Wildman–Crippen LogP) is 1.97. The van der Waals surface area contributed by atoms with E-state index in [-0.39, 0.29) is 0 Å². The molecule has 2 aromatic rings. The third kappa shape index (κ3) is 2.00. The Hall–Kier alpha value is -1.40. The van der Waals surface area contributed by atoms with Crippen LogP contribution in [-0.4, -0.2) is 28.0 Å². The molecule has 0 aromatic carbocycles. The molecule has 0 aliphatic carbocycles. The number of carbonyl (C=O) groups excluding carboxylic acids is 1. The zero-order valence-corrected chi connectivity index (χ0v) is 9.22. The molecular weight excluding hydrogens is 238 g/mol. The summed E-state index contributed by atoms with van der Waals surface area (Å²) in [5.74, 6) is 0.0451. The van der Waals surface area contributed by atoms with Gasteiger partial charge in [0.1, 0.15) is 10.0 Å². The van der Waals surface area contributed by atoms with Crippen molar-refractivity contribution in [1.82, 2.24) is 15.0 Å². The van der Waals surface area contributed by atoms with Gasteiger partial charge in [0.15, 0.2) is 10.8 Å². The fraction of sp³-hybridized carbons (Fsp3) is 0.125. The first kappa shape index (κ1) is 10.1. The molecule has 0 spiro atoms. The van der Waals surface area contributed by atoms with E-state index in [0.29, 0.717) is 20.9 Å². The Kier molecular flexibility index (Phi) is 2.70. The number of ether oxygens (including phenoxy) is 1. The van der Waals surface area contributed by atoms with Crippen molar-refractivity contribution < 1.29 is 9.53 Å². The molecule has 0 aliphatic rings. The number of carbonyl (C=O) groups is 1. The average molecular weight is 244 g/mol. The number of aromatic amines is 1. The van der Waals surface area contributed by atoms with Gasteiger partial charge >= 0.3 is 5.97 Å². The number of H-pyrrole nitrogens is 1. The second kappa shape index (κ2) is 4.00. The van der Waals surface area contributed by atoms with Crippen molar-refractivity contribution in [3.63, 3.8) is 0 Å². The lowest BCUT2D eigenvalue weighted by atomic mass is 10.5. The Morgan fingerprint density at radius 2 is 2.33 bits per heavy atom. The summed E-state index contributed by atoms with van der Waals surface area (Å²) in [4.78, 5) is 22.0. The summed E-state index contributed by atoms with van der Waals surface area (Å²) in [6, 6.07) is 0. The minimum absolute atomic E-state index is 0.291. The second-order valence-electron chi connectivity index (χ2n) is 2.61. The van der Waals surface area contributed by atoms with Crippen LogP contribution in [0.4, 0.5) is 0 Å². The number of nitrogens with one attached hydrogen (secondary N) is 1. The van der Waals surface area contributed by atoms with Crippen molar-refractivity contribution in [2.45, 2.75) is 0 Å². The monoisotopic (exact) mass is 243 g/mol. The lowest BCUT2D eigenvalue weighted by Crippen LogP contribution is -2.00. The maximum absolute atomic E-state index is 11.1. The number of methoxy groups -OCH3 is 1. The molecular formula is C8H6ClN3O2S. The molecule has 2 rings (SSSR count). The van der Waals surface area contributed by atoms with Gasteiger partial charge in [-0.3, -0.25) is 0 Å². The van der Waals surface area contributed by atoms with Crippen LogP contribution < -0.4 is 0 Å². The van der Waals surface area contributed by atoms with Crippen LogP contribution >= 0.6 is 22.9 Å². The van der Waals surface area contributed by atoms with Crippen molar-refractivity contribution in [1.29, 1.82) is 0 Å². The molecule has 2 aromatic heterocycles. The number of thiazole rings is 1. The van der Waals surface area contributed by atoms with E-state index in [0.717, 1.165) is 0 Å². The highest BCUT2D eigenvalue weighted by molar-refractivity contribution is 7.18. The van der Waals surface area contributed by atoms with Gasteiger partial charge in [0.2, 0.25) is 0 Å². The minimum Gasteiger partial charge on any atom is -0.464 e. The van der Waals surface area contributed by atoms with E-state index in [1.165, 1.54) is 30.8 Å². The summed E-state index contributed by atoms with van der Waals surface area (Å²) >= 11 is 7.01. The van der Waals surface area contributed by atoms with Gasteiger partial charge in [0, 0.05) is 0 Å². The molecule has 1 N–H and O–H groups in total. The van der Waals surface area contributed by atoms with Crippen molar-refractivity contribution in [3.8, 4) is 10.8 Å². The molecule has 78 valence electrons. The molecule has 15 heavy (non-hydrogen) atoms. The van der Waals surface area contributed by atoms with Crippen LogP contribution in [0.3, 0.4) is 0 Å². The third-order valence-electron chi connectivity index (χ3n) is 1.66. The fourth-order valence-corrected chi connectivity index (χ4v) is 1.87. The summed E-state index contributed by atoms with van der Waals surface area (Å²) in [7, 11) is 1.31. The Morgan fingerprint density at radius 1 is 1.53 bits per heavy atom. The van der Waals surface area contributed by atoms with Gasteiger partial charge in [0.05, 0.1) is 19.5 Å². The van der Waals surface area contributed by atoms with Gasteiger partial charge in [-0.25, -0.2) is 14.8 Å². The SMILES string of the molecule is COC(=O)c1cnc(-c2ncc(Cl)s2)[nH]1. The summed E-state index contributed by atoms with van der Waals surface area (Å²) in [5.41, 5.74) is 0.291. The minimum atomic E-state index is -0.462. The van der Waals surface area contributed by atoms with E-state index in [2.05, 4.69) is 19.7 Å². The number of aromatic nitrogens is 3.